The Morgan fingerprint density at radius 2 is 2.00 bits per heavy atom. The van der Waals surface area contributed by atoms with E-state index in [0.29, 0.717) is 6.42 Å². The first-order valence-corrected chi connectivity index (χ1v) is 7.20. The number of hydrogen-bond acceptors (Lipinski definition) is 4. The predicted octanol–water partition coefficient (Wildman–Crippen LogP) is 3.79. The highest BCUT2D eigenvalue weighted by molar-refractivity contribution is 6.04. The molecule has 1 atom stereocenters. The van der Waals surface area contributed by atoms with Gasteiger partial charge in [0.2, 0.25) is 0 Å². The van der Waals surface area contributed by atoms with Crippen molar-refractivity contribution in [3.8, 4) is 5.75 Å². The van der Waals surface area contributed by atoms with Crippen molar-refractivity contribution in [3.63, 3.8) is 0 Å². The number of carbonyl (C=O) groups excluding carboxylic acids is 1. The molecule has 0 N–H and O–H groups in total. The number of rotatable bonds is 2. The third kappa shape index (κ3) is 3.01. The van der Waals surface area contributed by atoms with Crippen LogP contribution in [0.4, 0.5) is 0 Å². The number of nitrogens with zero attached hydrogens (tertiary/aromatic N) is 1. The van der Waals surface area contributed by atoms with E-state index in [9.17, 15) is 4.79 Å². The second-order valence-electron chi connectivity index (χ2n) is 5.34. The van der Waals surface area contributed by atoms with E-state index < -0.39 is 5.97 Å². The van der Waals surface area contributed by atoms with Crippen LogP contribution >= 0.6 is 0 Å². The van der Waals surface area contributed by atoms with Crippen LogP contribution in [-0.2, 0) is 9.63 Å². The summed E-state index contributed by atoms with van der Waals surface area (Å²) < 4.78 is 6.11. The summed E-state index contributed by atoms with van der Waals surface area (Å²) in [6.07, 6.45) is 0.428. The largest absolute Gasteiger partial charge is 0.485 e. The van der Waals surface area contributed by atoms with Gasteiger partial charge in [-0.2, -0.15) is 0 Å². The maximum Gasteiger partial charge on any atom is 0.331 e. The summed E-state index contributed by atoms with van der Waals surface area (Å²) in [5, 5.41) is 4.02. The Morgan fingerprint density at radius 3 is 2.73 bits per heavy atom. The smallest absolute Gasteiger partial charge is 0.331 e. The van der Waals surface area contributed by atoms with E-state index in [1.807, 2.05) is 55.5 Å². The fourth-order valence-corrected chi connectivity index (χ4v) is 2.51. The fourth-order valence-electron chi connectivity index (χ4n) is 2.51. The highest BCUT2D eigenvalue weighted by Gasteiger charge is 2.27. The molecule has 3 rings (SSSR count). The van der Waals surface area contributed by atoms with Gasteiger partial charge in [0.05, 0.1) is 5.71 Å². The van der Waals surface area contributed by atoms with Crippen molar-refractivity contribution >= 4 is 11.7 Å². The van der Waals surface area contributed by atoms with Crippen LogP contribution in [-0.4, -0.2) is 11.7 Å². The first-order valence-electron chi connectivity index (χ1n) is 7.20. The van der Waals surface area contributed by atoms with E-state index in [1.54, 1.807) is 0 Å². The highest BCUT2D eigenvalue weighted by Crippen LogP contribution is 2.35. The average molecular weight is 295 g/mol. The van der Waals surface area contributed by atoms with Gasteiger partial charge in [0.15, 0.2) is 0 Å². The molecule has 0 saturated carbocycles. The summed E-state index contributed by atoms with van der Waals surface area (Å²) in [5.41, 5.74) is 3.79. The zero-order chi connectivity index (χ0) is 15.5. The van der Waals surface area contributed by atoms with E-state index in [1.165, 1.54) is 6.92 Å². The van der Waals surface area contributed by atoms with Crippen LogP contribution < -0.4 is 4.74 Å². The van der Waals surface area contributed by atoms with Crippen molar-refractivity contribution < 1.29 is 14.4 Å². The van der Waals surface area contributed by atoms with Gasteiger partial charge in [0.1, 0.15) is 11.9 Å². The molecule has 0 aliphatic carbocycles. The molecular formula is C18H17NO3. The molecule has 0 bridgehead atoms. The minimum absolute atomic E-state index is 0.134. The Labute approximate surface area is 129 Å². The maximum atomic E-state index is 11.0. The van der Waals surface area contributed by atoms with E-state index in [4.69, 9.17) is 9.57 Å². The molecule has 4 heteroatoms. The quantitative estimate of drug-likeness (QED) is 0.625. The molecule has 1 aliphatic rings. The fraction of sp³-hybridized carbons (Fsp3) is 0.222. The second kappa shape index (κ2) is 6.02. The summed E-state index contributed by atoms with van der Waals surface area (Å²) in [6, 6.07) is 15.9. The van der Waals surface area contributed by atoms with Crippen molar-refractivity contribution in [1.29, 1.82) is 0 Å². The van der Waals surface area contributed by atoms with Crippen molar-refractivity contribution in [2.75, 3.05) is 0 Å². The average Bonchev–Trinajstić information content (AvgIpc) is 2.52. The molecule has 112 valence electrons. The number of fused-ring (bicyclic) bond motifs is 1. The minimum Gasteiger partial charge on any atom is -0.485 e. The van der Waals surface area contributed by atoms with Gasteiger partial charge in [-0.05, 0) is 30.2 Å². The molecule has 0 amide bonds. The molecule has 2 aromatic rings. The number of aryl methyl sites for hydroxylation is 1. The number of benzene rings is 2. The van der Waals surface area contributed by atoms with E-state index >= 15 is 0 Å². The molecular weight excluding hydrogens is 278 g/mol. The van der Waals surface area contributed by atoms with Gasteiger partial charge in [-0.25, -0.2) is 4.79 Å². The summed E-state index contributed by atoms with van der Waals surface area (Å²) in [6.45, 7) is 3.35. The molecule has 2 aromatic carbocycles. The second-order valence-corrected chi connectivity index (χ2v) is 5.34. The third-order valence-electron chi connectivity index (χ3n) is 3.55. The molecule has 0 fully saturated rings. The van der Waals surface area contributed by atoms with Gasteiger partial charge in [0, 0.05) is 18.9 Å². The van der Waals surface area contributed by atoms with Crippen LogP contribution in [0.15, 0.2) is 53.7 Å². The predicted molar refractivity (Wildman–Crippen MR) is 83.9 cm³/mol. The van der Waals surface area contributed by atoms with Gasteiger partial charge < -0.3 is 9.57 Å². The standard InChI is InChI=1S/C18H17NO3/c1-12-8-9-15-16(19-22-13(2)20)11-17(21-18(15)10-12)14-6-4-3-5-7-14/h3-10,17H,11H2,1-2H3/b19-16+. The number of hydrogen-bond donors (Lipinski definition) is 0. The van der Waals surface area contributed by atoms with Crippen molar-refractivity contribution in [1.82, 2.24) is 0 Å². The monoisotopic (exact) mass is 295 g/mol. The summed E-state index contributed by atoms with van der Waals surface area (Å²) in [4.78, 5) is 15.9. The zero-order valence-electron chi connectivity index (χ0n) is 12.6. The van der Waals surface area contributed by atoms with Gasteiger partial charge in [-0.3, -0.25) is 0 Å². The molecule has 0 radical (unpaired) electrons. The van der Waals surface area contributed by atoms with Crippen LogP contribution in [0.2, 0.25) is 0 Å². The molecule has 22 heavy (non-hydrogen) atoms. The lowest BCUT2D eigenvalue weighted by Crippen LogP contribution is -2.21. The van der Waals surface area contributed by atoms with Crippen LogP contribution in [0.5, 0.6) is 5.75 Å². The normalized spacial score (nSPS) is 18.5. The van der Waals surface area contributed by atoms with E-state index in [-0.39, 0.29) is 6.10 Å². The van der Waals surface area contributed by atoms with Crippen molar-refractivity contribution in [3.05, 3.63) is 65.2 Å². The Kier molecular flexibility index (Phi) is 3.92. The maximum absolute atomic E-state index is 11.0. The topological polar surface area (TPSA) is 47.9 Å². The zero-order valence-corrected chi connectivity index (χ0v) is 12.6. The van der Waals surface area contributed by atoms with Crippen LogP contribution in [0.1, 0.15) is 36.1 Å². The molecule has 1 aliphatic heterocycles. The van der Waals surface area contributed by atoms with Gasteiger partial charge in [-0.15, -0.1) is 0 Å². The lowest BCUT2D eigenvalue weighted by atomic mass is 9.95. The van der Waals surface area contributed by atoms with Crippen LogP contribution in [0, 0.1) is 6.92 Å². The van der Waals surface area contributed by atoms with Gasteiger partial charge in [0.25, 0.3) is 0 Å². The van der Waals surface area contributed by atoms with E-state index in [0.717, 1.165) is 28.2 Å². The lowest BCUT2D eigenvalue weighted by Gasteiger charge is -2.27. The lowest BCUT2D eigenvalue weighted by molar-refractivity contribution is -0.140. The first kappa shape index (κ1) is 14.3. The Balaban J connectivity index is 2.00. The molecule has 0 spiro atoms. The molecule has 1 heterocycles. The molecule has 0 saturated heterocycles. The van der Waals surface area contributed by atoms with Crippen molar-refractivity contribution in [2.24, 2.45) is 5.16 Å². The van der Waals surface area contributed by atoms with Crippen LogP contribution in [0.3, 0.4) is 0 Å². The summed E-state index contributed by atoms with van der Waals surface area (Å²) >= 11 is 0. The number of carbonyl (C=O) groups is 1. The summed E-state index contributed by atoms with van der Waals surface area (Å²) in [5.74, 6) is 0.343. The molecule has 0 aromatic heterocycles. The first-order chi connectivity index (χ1) is 10.6. The van der Waals surface area contributed by atoms with E-state index in [2.05, 4.69) is 5.16 Å². The highest BCUT2D eigenvalue weighted by atomic mass is 16.7. The molecule has 1 unspecified atom stereocenters. The van der Waals surface area contributed by atoms with Crippen molar-refractivity contribution in [2.45, 2.75) is 26.4 Å². The van der Waals surface area contributed by atoms with Gasteiger partial charge >= 0.3 is 5.97 Å². The van der Waals surface area contributed by atoms with Crippen LogP contribution in [0.25, 0.3) is 0 Å². The number of ether oxygens (including phenoxy) is 1. The van der Waals surface area contributed by atoms with Gasteiger partial charge in [-0.1, -0.05) is 41.6 Å². The Morgan fingerprint density at radius 1 is 1.23 bits per heavy atom. The SMILES string of the molecule is CC(=O)O/N=C1\CC(c2ccccc2)Oc2cc(C)ccc21. The Bertz CT molecular complexity index is 722. The number of oxime groups is 1. The molecule has 4 nitrogen and oxygen atoms in total. The minimum atomic E-state index is -0.427. The third-order valence-corrected chi connectivity index (χ3v) is 3.55. The summed E-state index contributed by atoms with van der Waals surface area (Å²) in [7, 11) is 0. The Hall–Kier alpha value is -2.62.